The molecule has 0 bridgehead atoms. The third-order valence-electron chi connectivity index (χ3n) is 1.24. The molecule has 2 N–H and O–H groups in total. The van der Waals surface area contributed by atoms with Crippen LogP contribution in [0.4, 0.5) is 0 Å². The summed E-state index contributed by atoms with van der Waals surface area (Å²) in [5, 5.41) is 3.44. The van der Waals surface area contributed by atoms with Gasteiger partial charge in [0.15, 0.2) is 5.78 Å². The van der Waals surface area contributed by atoms with Crippen LogP contribution in [0.2, 0.25) is 0 Å². The molecule has 0 spiro atoms. The van der Waals surface area contributed by atoms with Crippen LogP contribution in [0, 0.1) is 6.92 Å². The average Bonchev–Trinajstić information content (AvgIpc) is 2.34. The molecule has 0 aliphatic carbocycles. The standard InChI is InChI=1S/C6H8N2O2/c1-4-5(3-8-10-4)6(9)2-7/h3H,2,7H2,1H3. The maximum absolute atomic E-state index is 10.9. The maximum Gasteiger partial charge on any atom is 0.181 e. The second-order valence-electron chi connectivity index (χ2n) is 1.92. The van der Waals surface area contributed by atoms with E-state index in [-0.39, 0.29) is 12.3 Å². The molecular formula is C6H8N2O2. The van der Waals surface area contributed by atoms with Crippen molar-refractivity contribution in [1.29, 1.82) is 0 Å². The van der Waals surface area contributed by atoms with E-state index in [9.17, 15) is 4.79 Å². The molecule has 0 unspecified atom stereocenters. The normalized spacial score (nSPS) is 9.80. The topological polar surface area (TPSA) is 69.1 Å². The lowest BCUT2D eigenvalue weighted by atomic mass is 10.2. The lowest BCUT2D eigenvalue weighted by Crippen LogP contribution is -2.13. The van der Waals surface area contributed by atoms with Gasteiger partial charge < -0.3 is 10.3 Å². The number of hydrogen-bond donors (Lipinski definition) is 1. The van der Waals surface area contributed by atoms with E-state index in [1.54, 1.807) is 6.92 Å². The Bertz CT molecular complexity index is 242. The summed E-state index contributed by atoms with van der Waals surface area (Å²) < 4.78 is 4.66. The number of ketones is 1. The smallest absolute Gasteiger partial charge is 0.181 e. The van der Waals surface area contributed by atoms with Crippen LogP contribution < -0.4 is 5.73 Å². The fourth-order valence-electron chi connectivity index (χ4n) is 0.676. The molecule has 0 aliphatic heterocycles. The molecule has 1 aromatic rings. The summed E-state index contributed by atoms with van der Waals surface area (Å²) in [5.41, 5.74) is 5.59. The van der Waals surface area contributed by atoms with Gasteiger partial charge in [-0.2, -0.15) is 0 Å². The van der Waals surface area contributed by atoms with Crippen molar-refractivity contribution in [3.8, 4) is 0 Å². The molecule has 1 aromatic heterocycles. The average molecular weight is 140 g/mol. The molecule has 0 atom stereocenters. The fraction of sp³-hybridized carbons (Fsp3) is 0.333. The highest BCUT2D eigenvalue weighted by molar-refractivity contribution is 5.97. The number of rotatable bonds is 2. The van der Waals surface area contributed by atoms with E-state index in [1.807, 2.05) is 0 Å². The molecule has 0 saturated heterocycles. The summed E-state index contributed by atoms with van der Waals surface area (Å²) in [6, 6.07) is 0. The van der Waals surface area contributed by atoms with Crippen LogP contribution in [-0.2, 0) is 0 Å². The van der Waals surface area contributed by atoms with E-state index in [0.29, 0.717) is 11.3 Å². The second kappa shape index (κ2) is 2.62. The van der Waals surface area contributed by atoms with Crippen LogP contribution in [0.25, 0.3) is 0 Å². The van der Waals surface area contributed by atoms with Gasteiger partial charge in [-0.25, -0.2) is 0 Å². The van der Waals surface area contributed by atoms with Crippen LogP contribution in [0.3, 0.4) is 0 Å². The van der Waals surface area contributed by atoms with Crippen LogP contribution in [0.5, 0.6) is 0 Å². The summed E-state index contributed by atoms with van der Waals surface area (Å²) in [4.78, 5) is 10.9. The summed E-state index contributed by atoms with van der Waals surface area (Å²) in [6.45, 7) is 1.68. The minimum Gasteiger partial charge on any atom is -0.361 e. The van der Waals surface area contributed by atoms with Crippen molar-refractivity contribution < 1.29 is 9.32 Å². The zero-order valence-corrected chi connectivity index (χ0v) is 5.63. The highest BCUT2D eigenvalue weighted by atomic mass is 16.5. The largest absolute Gasteiger partial charge is 0.361 e. The van der Waals surface area contributed by atoms with Gasteiger partial charge in [0.05, 0.1) is 18.3 Å². The Hall–Kier alpha value is -1.16. The number of carbonyl (C=O) groups is 1. The molecule has 0 fully saturated rings. The molecule has 0 saturated carbocycles. The molecule has 4 heteroatoms. The predicted molar refractivity (Wildman–Crippen MR) is 34.6 cm³/mol. The lowest BCUT2D eigenvalue weighted by molar-refractivity contribution is 0.1000. The van der Waals surface area contributed by atoms with Crippen molar-refractivity contribution in [2.24, 2.45) is 5.73 Å². The third-order valence-corrected chi connectivity index (χ3v) is 1.24. The predicted octanol–water partition coefficient (Wildman–Crippen LogP) is 0.124. The van der Waals surface area contributed by atoms with Crippen LogP contribution >= 0.6 is 0 Å². The molecular weight excluding hydrogens is 132 g/mol. The van der Waals surface area contributed by atoms with E-state index >= 15 is 0 Å². The Morgan fingerprint density at radius 2 is 2.60 bits per heavy atom. The quantitative estimate of drug-likeness (QED) is 0.592. The van der Waals surface area contributed by atoms with Crippen molar-refractivity contribution >= 4 is 5.78 Å². The number of carbonyl (C=O) groups excluding carboxylic acids is 1. The summed E-state index contributed by atoms with van der Waals surface area (Å²) in [7, 11) is 0. The van der Waals surface area contributed by atoms with Crippen LogP contribution in [0.1, 0.15) is 16.1 Å². The first-order valence-electron chi connectivity index (χ1n) is 2.90. The molecule has 0 aliphatic rings. The summed E-state index contributed by atoms with van der Waals surface area (Å²) in [5.74, 6) is 0.384. The first kappa shape index (κ1) is 6.95. The monoisotopic (exact) mass is 140 g/mol. The van der Waals surface area contributed by atoms with Crippen LogP contribution in [0.15, 0.2) is 10.7 Å². The zero-order valence-electron chi connectivity index (χ0n) is 5.63. The van der Waals surface area contributed by atoms with Crippen molar-refractivity contribution in [2.75, 3.05) is 6.54 Å². The number of nitrogens with two attached hydrogens (primary N) is 1. The van der Waals surface area contributed by atoms with Gasteiger partial charge in [0.25, 0.3) is 0 Å². The Labute approximate surface area is 58.0 Å². The molecule has 54 valence electrons. The van der Waals surface area contributed by atoms with E-state index in [0.717, 1.165) is 0 Å². The van der Waals surface area contributed by atoms with Crippen molar-refractivity contribution in [2.45, 2.75) is 6.92 Å². The van der Waals surface area contributed by atoms with Gasteiger partial charge in [-0.05, 0) is 6.92 Å². The Morgan fingerprint density at radius 1 is 1.90 bits per heavy atom. The minimum absolute atomic E-state index is 0.00204. The van der Waals surface area contributed by atoms with Crippen molar-refractivity contribution in [1.82, 2.24) is 5.16 Å². The first-order chi connectivity index (χ1) is 4.75. The van der Waals surface area contributed by atoms with E-state index in [1.165, 1.54) is 6.20 Å². The second-order valence-corrected chi connectivity index (χ2v) is 1.92. The van der Waals surface area contributed by atoms with Crippen molar-refractivity contribution in [3.63, 3.8) is 0 Å². The fourth-order valence-corrected chi connectivity index (χ4v) is 0.676. The Kier molecular flexibility index (Phi) is 1.82. The van der Waals surface area contributed by atoms with Crippen LogP contribution in [-0.4, -0.2) is 17.5 Å². The first-order valence-corrected chi connectivity index (χ1v) is 2.90. The number of hydrogen-bond acceptors (Lipinski definition) is 4. The number of aryl methyl sites for hydroxylation is 1. The summed E-state index contributed by atoms with van der Waals surface area (Å²) >= 11 is 0. The number of Topliss-reactive ketones (excluding diaryl/α,β-unsaturated/α-hetero) is 1. The Morgan fingerprint density at radius 3 is 3.00 bits per heavy atom. The Balaban J connectivity index is 2.93. The van der Waals surface area contributed by atoms with Gasteiger partial charge in [0, 0.05) is 0 Å². The van der Waals surface area contributed by atoms with E-state index in [4.69, 9.17) is 5.73 Å². The minimum atomic E-state index is -0.140. The van der Waals surface area contributed by atoms with Gasteiger partial charge in [0.2, 0.25) is 0 Å². The molecule has 4 nitrogen and oxygen atoms in total. The highest BCUT2D eigenvalue weighted by Gasteiger charge is 2.09. The molecule has 1 heterocycles. The molecule has 1 rings (SSSR count). The number of nitrogens with zero attached hydrogens (tertiary/aromatic N) is 1. The lowest BCUT2D eigenvalue weighted by Gasteiger charge is -1.89. The zero-order chi connectivity index (χ0) is 7.56. The SMILES string of the molecule is Cc1oncc1C(=O)CN. The van der Waals surface area contributed by atoms with E-state index in [2.05, 4.69) is 9.68 Å². The van der Waals surface area contributed by atoms with Gasteiger partial charge in [-0.3, -0.25) is 4.79 Å². The summed E-state index contributed by atoms with van der Waals surface area (Å²) in [6.07, 6.45) is 1.38. The van der Waals surface area contributed by atoms with Gasteiger partial charge in [-0.15, -0.1) is 0 Å². The number of aromatic nitrogens is 1. The van der Waals surface area contributed by atoms with Crippen molar-refractivity contribution in [3.05, 3.63) is 17.5 Å². The highest BCUT2D eigenvalue weighted by Crippen LogP contribution is 2.05. The van der Waals surface area contributed by atoms with Gasteiger partial charge in [-0.1, -0.05) is 5.16 Å². The third kappa shape index (κ3) is 1.06. The van der Waals surface area contributed by atoms with E-state index < -0.39 is 0 Å². The van der Waals surface area contributed by atoms with Gasteiger partial charge in [0.1, 0.15) is 5.76 Å². The molecule has 0 aromatic carbocycles. The molecule has 10 heavy (non-hydrogen) atoms. The maximum atomic E-state index is 10.9. The molecule has 0 radical (unpaired) electrons. The molecule has 0 amide bonds. The van der Waals surface area contributed by atoms with Gasteiger partial charge >= 0.3 is 0 Å².